The molecular formula is C15H29NO2. The minimum Gasteiger partial charge on any atom is -0.396 e. The van der Waals surface area contributed by atoms with Gasteiger partial charge in [-0.15, -0.1) is 0 Å². The van der Waals surface area contributed by atoms with E-state index in [0.717, 1.165) is 44.4 Å². The van der Waals surface area contributed by atoms with Crippen molar-refractivity contribution in [2.24, 2.45) is 11.8 Å². The van der Waals surface area contributed by atoms with E-state index in [-0.39, 0.29) is 5.91 Å². The molecule has 1 fully saturated rings. The molecule has 0 heterocycles. The smallest absolute Gasteiger partial charge is 0.220 e. The molecule has 0 bridgehead atoms. The van der Waals surface area contributed by atoms with Crippen molar-refractivity contribution in [3.05, 3.63) is 0 Å². The van der Waals surface area contributed by atoms with E-state index in [1.165, 1.54) is 6.42 Å². The predicted octanol–water partition coefficient (Wildman–Crippen LogP) is 2.87. The topological polar surface area (TPSA) is 49.3 Å². The van der Waals surface area contributed by atoms with Gasteiger partial charge in [-0.25, -0.2) is 0 Å². The van der Waals surface area contributed by atoms with Gasteiger partial charge in [-0.2, -0.15) is 0 Å². The molecule has 3 nitrogen and oxygen atoms in total. The fourth-order valence-corrected chi connectivity index (χ4v) is 2.63. The first-order chi connectivity index (χ1) is 8.61. The number of nitrogens with one attached hydrogen (secondary N) is 1. The van der Waals surface area contributed by atoms with Gasteiger partial charge in [0.25, 0.3) is 0 Å². The van der Waals surface area contributed by atoms with E-state index in [0.29, 0.717) is 25.0 Å². The molecule has 2 N–H and O–H groups in total. The van der Waals surface area contributed by atoms with Crippen molar-refractivity contribution in [1.29, 1.82) is 0 Å². The molecule has 0 atom stereocenters. The van der Waals surface area contributed by atoms with Crippen LogP contribution < -0.4 is 5.32 Å². The molecule has 0 aromatic rings. The number of aliphatic hydroxyl groups is 1. The van der Waals surface area contributed by atoms with E-state index >= 15 is 0 Å². The first-order valence-electron chi connectivity index (χ1n) is 7.52. The fraction of sp³-hybridized carbons (Fsp3) is 0.933. The SMILES string of the molecule is CC(C)CCCCC(=O)NC1CCC(CO)CC1. The van der Waals surface area contributed by atoms with Gasteiger partial charge in [-0.3, -0.25) is 4.79 Å². The Labute approximate surface area is 111 Å². The molecule has 18 heavy (non-hydrogen) atoms. The molecule has 1 aliphatic carbocycles. The molecule has 1 aliphatic rings. The van der Waals surface area contributed by atoms with Crippen LogP contribution in [-0.4, -0.2) is 23.7 Å². The Bertz CT molecular complexity index is 233. The minimum absolute atomic E-state index is 0.214. The molecule has 106 valence electrons. The van der Waals surface area contributed by atoms with Crippen LogP contribution in [0.5, 0.6) is 0 Å². The van der Waals surface area contributed by atoms with E-state index < -0.39 is 0 Å². The summed E-state index contributed by atoms with van der Waals surface area (Å²) in [6, 6.07) is 0.352. The van der Waals surface area contributed by atoms with Crippen molar-refractivity contribution in [2.45, 2.75) is 71.3 Å². The summed E-state index contributed by atoms with van der Waals surface area (Å²) in [6.07, 6.45) is 8.22. The van der Waals surface area contributed by atoms with Crippen LogP contribution in [0.25, 0.3) is 0 Å². The van der Waals surface area contributed by atoms with Gasteiger partial charge in [-0.1, -0.05) is 26.7 Å². The number of aliphatic hydroxyl groups excluding tert-OH is 1. The highest BCUT2D eigenvalue weighted by atomic mass is 16.3. The van der Waals surface area contributed by atoms with E-state index in [1.54, 1.807) is 0 Å². The average molecular weight is 255 g/mol. The first-order valence-corrected chi connectivity index (χ1v) is 7.52. The summed E-state index contributed by atoms with van der Waals surface area (Å²) >= 11 is 0. The van der Waals surface area contributed by atoms with Crippen LogP contribution in [0.15, 0.2) is 0 Å². The maximum atomic E-state index is 11.7. The van der Waals surface area contributed by atoms with Crippen molar-refractivity contribution in [2.75, 3.05) is 6.61 Å². The number of hydrogen-bond donors (Lipinski definition) is 2. The van der Waals surface area contributed by atoms with Gasteiger partial charge in [0.15, 0.2) is 0 Å². The maximum Gasteiger partial charge on any atom is 0.220 e. The summed E-state index contributed by atoms with van der Waals surface area (Å²) in [5.41, 5.74) is 0. The molecule has 1 saturated carbocycles. The summed E-state index contributed by atoms with van der Waals surface area (Å²) in [5.74, 6) is 1.41. The Balaban J connectivity index is 2.06. The van der Waals surface area contributed by atoms with Gasteiger partial charge in [0.05, 0.1) is 0 Å². The van der Waals surface area contributed by atoms with Crippen molar-refractivity contribution >= 4 is 5.91 Å². The van der Waals surface area contributed by atoms with Crippen LogP contribution in [0.3, 0.4) is 0 Å². The number of carbonyl (C=O) groups is 1. The molecule has 0 aromatic heterocycles. The first kappa shape index (κ1) is 15.5. The Kier molecular flexibility index (Phi) is 7.33. The zero-order chi connectivity index (χ0) is 13.4. The monoisotopic (exact) mass is 255 g/mol. The zero-order valence-electron chi connectivity index (χ0n) is 12.0. The number of hydrogen-bond acceptors (Lipinski definition) is 2. The van der Waals surface area contributed by atoms with E-state index in [9.17, 15) is 4.79 Å². The number of amides is 1. The molecule has 0 radical (unpaired) electrons. The molecule has 0 unspecified atom stereocenters. The Morgan fingerprint density at radius 1 is 1.22 bits per heavy atom. The summed E-state index contributed by atoms with van der Waals surface area (Å²) in [7, 11) is 0. The Hall–Kier alpha value is -0.570. The van der Waals surface area contributed by atoms with E-state index in [2.05, 4.69) is 19.2 Å². The second kappa shape index (κ2) is 8.52. The lowest BCUT2D eigenvalue weighted by Crippen LogP contribution is -2.37. The third-order valence-corrected chi connectivity index (χ3v) is 3.91. The summed E-state index contributed by atoms with van der Waals surface area (Å²) < 4.78 is 0. The van der Waals surface area contributed by atoms with Gasteiger partial charge in [0.1, 0.15) is 0 Å². The quantitative estimate of drug-likeness (QED) is 0.687. The Morgan fingerprint density at radius 2 is 1.89 bits per heavy atom. The lowest BCUT2D eigenvalue weighted by Gasteiger charge is -2.27. The molecule has 1 rings (SSSR count). The number of carbonyl (C=O) groups excluding carboxylic acids is 1. The van der Waals surface area contributed by atoms with Crippen molar-refractivity contribution in [3.8, 4) is 0 Å². The van der Waals surface area contributed by atoms with Crippen LogP contribution in [-0.2, 0) is 4.79 Å². The van der Waals surface area contributed by atoms with Crippen molar-refractivity contribution < 1.29 is 9.90 Å². The molecule has 0 saturated heterocycles. The van der Waals surface area contributed by atoms with E-state index in [4.69, 9.17) is 5.11 Å². The second-order valence-corrected chi connectivity index (χ2v) is 6.11. The lowest BCUT2D eigenvalue weighted by molar-refractivity contribution is -0.122. The molecule has 0 aliphatic heterocycles. The third-order valence-electron chi connectivity index (χ3n) is 3.91. The van der Waals surface area contributed by atoms with E-state index in [1.807, 2.05) is 0 Å². The standard InChI is InChI=1S/C15H29NO2/c1-12(2)5-3-4-6-15(18)16-14-9-7-13(11-17)8-10-14/h12-14,17H,3-11H2,1-2H3,(H,16,18). The fourth-order valence-electron chi connectivity index (χ4n) is 2.63. The van der Waals surface area contributed by atoms with Crippen LogP contribution in [0.1, 0.15) is 65.2 Å². The zero-order valence-corrected chi connectivity index (χ0v) is 12.0. The van der Waals surface area contributed by atoms with Gasteiger partial charge in [0, 0.05) is 19.1 Å². The molecule has 0 aromatic carbocycles. The average Bonchev–Trinajstić information content (AvgIpc) is 2.35. The number of rotatable bonds is 7. The molecule has 0 spiro atoms. The summed E-state index contributed by atoms with van der Waals surface area (Å²) in [4.78, 5) is 11.7. The molecule has 1 amide bonds. The lowest BCUT2D eigenvalue weighted by atomic mass is 9.86. The number of unbranched alkanes of at least 4 members (excludes halogenated alkanes) is 1. The second-order valence-electron chi connectivity index (χ2n) is 6.11. The minimum atomic E-state index is 0.214. The van der Waals surface area contributed by atoms with Gasteiger partial charge in [0.2, 0.25) is 5.91 Å². The van der Waals surface area contributed by atoms with Gasteiger partial charge < -0.3 is 10.4 Å². The van der Waals surface area contributed by atoms with Crippen LogP contribution >= 0.6 is 0 Å². The normalized spacial score (nSPS) is 24.2. The van der Waals surface area contributed by atoms with Crippen molar-refractivity contribution in [3.63, 3.8) is 0 Å². The van der Waals surface area contributed by atoms with Crippen LogP contribution in [0.4, 0.5) is 0 Å². The third kappa shape index (κ3) is 6.39. The summed E-state index contributed by atoms with van der Waals surface area (Å²) in [6.45, 7) is 4.75. The molecule has 3 heteroatoms. The molecular weight excluding hydrogens is 226 g/mol. The Morgan fingerprint density at radius 3 is 2.44 bits per heavy atom. The maximum absolute atomic E-state index is 11.7. The van der Waals surface area contributed by atoms with Crippen molar-refractivity contribution in [1.82, 2.24) is 5.32 Å². The van der Waals surface area contributed by atoms with Gasteiger partial charge in [-0.05, 0) is 43.9 Å². The van der Waals surface area contributed by atoms with Gasteiger partial charge >= 0.3 is 0 Å². The summed E-state index contributed by atoms with van der Waals surface area (Å²) in [5, 5.41) is 12.2. The largest absolute Gasteiger partial charge is 0.396 e. The highest BCUT2D eigenvalue weighted by molar-refractivity contribution is 5.76. The highest BCUT2D eigenvalue weighted by Crippen LogP contribution is 2.23. The van der Waals surface area contributed by atoms with Crippen LogP contribution in [0.2, 0.25) is 0 Å². The highest BCUT2D eigenvalue weighted by Gasteiger charge is 2.21. The predicted molar refractivity (Wildman–Crippen MR) is 74.3 cm³/mol. The van der Waals surface area contributed by atoms with Crippen LogP contribution in [0, 0.1) is 11.8 Å².